The van der Waals surface area contributed by atoms with Crippen LogP contribution in [0.5, 0.6) is 0 Å². The molecule has 0 radical (unpaired) electrons. The van der Waals surface area contributed by atoms with Crippen molar-refractivity contribution in [3.8, 4) is 0 Å². The molecular formula is C10H13N3OS. The van der Waals surface area contributed by atoms with E-state index in [4.69, 9.17) is 5.11 Å². The van der Waals surface area contributed by atoms with E-state index in [-0.39, 0.29) is 11.9 Å². The van der Waals surface area contributed by atoms with E-state index in [2.05, 4.69) is 10.1 Å². The minimum Gasteiger partial charge on any atom is -0.395 e. The van der Waals surface area contributed by atoms with Gasteiger partial charge in [-0.15, -0.1) is 0 Å². The Bertz CT molecular complexity index is 469. The number of nitrogens with zero attached hydrogens (tertiary/aromatic N) is 3. The summed E-state index contributed by atoms with van der Waals surface area (Å²) in [6.45, 7) is 4.08. The van der Waals surface area contributed by atoms with Gasteiger partial charge in [-0.2, -0.15) is 5.10 Å². The van der Waals surface area contributed by atoms with Crippen molar-refractivity contribution in [3.05, 3.63) is 24.2 Å². The lowest BCUT2D eigenvalue weighted by atomic mass is 10.4. The third-order valence-corrected chi connectivity index (χ3v) is 3.14. The molecule has 1 N–H and O–H groups in total. The Kier molecular flexibility index (Phi) is 2.93. The number of fused-ring (bicyclic) bond motifs is 1. The number of aromatic nitrogens is 3. The van der Waals surface area contributed by atoms with Gasteiger partial charge in [0.1, 0.15) is 5.03 Å². The average Bonchev–Trinajstić information content (AvgIpc) is 2.59. The van der Waals surface area contributed by atoms with Crippen molar-refractivity contribution in [1.82, 2.24) is 14.6 Å². The molecule has 15 heavy (non-hydrogen) atoms. The van der Waals surface area contributed by atoms with Crippen LogP contribution in [0.2, 0.25) is 0 Å². The highest BCUT2D eigenvalue weighted by Gasteiger charge is 2.09. The Morgan fingerprint density at radius 1 is 1.60 bits per heavy atom. The lowest BCUT2D eigenvalue weighted by Crippen LogP contribution is -2.03. The van der Waals surface area contributed by atoms with E-state index in [0.29, 0.717) is 0 Å². The molecule has 0 spiro atoms. The third kappa shape index (κ3) is 2.13. The van der Waals surface area contributed by atoms with Gasteiger partial charge in [0.05, 0.1) is 17.8 Å². The maximum atomic E-state index is 9.00. The maximum absolute atomic E-state index is 9.00. The Labute approximate surface area is 92.3 Å². The highest BCUT2D eigenvalue weighted by atomic mass is 32.2. The minimum atomic E-state index is 0.152. The molecule has 0 aliphatic heterocycles. The van der Waals surface area contributed by atoms with Gasteiger partial charge in [-0.3, -0.25) is 0 Å². The summed E-state index contributed by atoms with van der Waals surface area (Å²) in [7, 11) is 0. The van der Waals surface area contributed by atoms with Crippen LogP contribution < -0.4 is 0 Å². The van der Waals surface area contributed by atoms with Crippen molar-refractivity contribution in [2.24, 2.45) is 0 Å². The summed E-state index contributed by atoms with van der Waals surface area (Å²) in [5.41, 5.74) is 1.97. The summed E-state index contributed by atoms with van der Waals surface area (Å²) in [4.78, 5) is 4.30. The average molecular weight is 223 g/mol. The first kappa shape index (κ1) is 10.4. The van der Waals surface area contributed by atoms with Crippen molar-refractivity contribution in [2.75, 3.05) is 6.61 Å². The molecule has 2 heterocycles. The highest BCUT2D eigenvalue weighted by Crippen LogP contribution is 2.25. The number of thioether (sulfide) groups is 1. The van der Waals surface area contributed by atoms with Crippen molar-refractivity contribution in [1.29, 1.82) is 0 Å². The van der Waals surface area contributed by atoms with Gasteiger partial charge in [-0.1, -0.05) is 18.7 Å². The van der Waals surface area contributed by atoms with E-state index < -0.39 is 0 Å². The molecule has 0 aliphatic carbocycles. The van der Waals surface area contributed by atoms with Gasteiger partial charge in [0.2, 0.25) is 0 Å². The third-order valence-electron chi connectivity index (χ3n) is 2.05. The molecular weight excluding hydrogens is 210 g/mol. The number of aryl methyl sites for hydroxylation is 1. The summed E-state index contributed by atoms with van der Waals surface area (Å²) >= 11 is 1.56. The van der Waals surface area contributed by atoms with Crippen molar-refractivity contribution < 1.29 is 5.11 Å². The molecule has 4 nitrogen and oxygen atoms in total. The molecule has 0 amide bonds. The lowest BCUT2D eigenvalue weighted by molar-refractivity contribution is 0.300. The second-order valence-electron chi connectivity index (χ2n) is 3.46. The molecule has 2 aromatic heterocycles. The first-order valence-corrected chi connectivity index (χ1v) is 5.67. The van der Waals surface area contributed by atoms with Crippen LogP contribution in [-0.2, 0) is 0 Å². The number of aliphatic hydroxyl groups excluding tert-OH is 1. The second kappa shape index (κ2) is 4.20. The van der Waals surface area contributed by atoms with Crippen LogP contribution in [0.25, 0.3) is 5.52 Å². The fourth-order valence-corrected chi connectivity index (χ4v) is 2.19. The zero-order valence-corrected chi connectivity index (χ0v) is 9.53. The van der Waals surface area contributed by atoms with Crippen LogP contribution in [0.1, 0.15) is 12.6 Å². The largest absolute Gasteiger partial charge is 0.395 e. The summed E-state index contributed by atoms with van der Waals surface area (Å²) in [6.07, 6.45) is 3.56. The number of rotatable bonds is 3. The van der Waals surface area contributed by atoms with Gasteiger partial charge >= 0.3 is 0 Å². The Morgan fingerprint density at radius 3 is 3.13 bits per heavy atom. The van der Waals surface area contributed by atoms with Crippen LogP contribution >= 0.6 is 11.8 Å². The van der Waals surface area contributed by atoms with Crippen molar-refractivity contribution >= 4 is 17.3 Å². The van der Waals surface area contributed by atoms with E-state index >= 15 is 0 Å². The first-order chi connectivity index (χ1) is 7.20. The topological polar surface area (TPSA) is 50.4 Å². The van der Waals surface area contributed by atoms with E-state index in [1.807, 2.05) is 30.6 Å². The van der Waals surface area contributed by atoms with Crippen LogP contribution in [0, 0.1) is 6.92 Å². The quantitative estimate of drug-likeness (QED) is 0.801. The Hall–Kier alpha value is -1.07. The molecule has 0 saturated carbocycles. The molecule has 1 atom stereocenters. The van der Waals surface area contributed by atoms with E-state index in [1.54, 1.807) is 18.0 Å². The Morgan fingerprint density at radius 2 is 2.40 bits per heavy atom. The molecule has 0 aliphatic rings. The number of aliphatic hydroxyl groups is 1. The zero-order valence-electron chi connectivity index (χ0n) is 8.71. The molecule has 80 valence electrons. The van der Waals surface area contributed by atoms with Gasteiger partial charge in [0.15, 0.2) is 0 Å². The van der Waals surface area contributed by atoms with Gasteiger partial charge in [-0.05, 0) is 13.0 Å². The second-order valence-corrected chi connectivity index (χ2v) is 4.89. The molecule has 0 fully saturated rings. The minimum absolute atomic E-state index is 0.152. The number of hydrogen-bond acceptors (Lipinski definition) is 4. The molecule has 1 unspecified atom stereocenters. The van der Waals surface area contributed by atoms with E-state index in [9.17, 15) is 0 Å². The summed E-state index contributed by atoms with van der Waals surface area (Å²) in [5.74, 6) is 0. The molecule has 0 saturated heterocycles. The summed E-state index contributed by atoms with van der Waals surface area (Å²) < 4.78 is 1.81. The van der Waals surface area contributed by atoms with Crippen molar-refractivity contribution in [2.45, 2.75) is 24.1 Å². The fourth-order valence-electron chi connectivity index (χ4n) is 1.34. The van der Waals surface area contributed by atoms with Gasteiger partial charge < -0.3 is 5.11 Å². The van der Waals surface area contributed by atoms with Crippen LogP contribution in [-0.4, -0.2) is 31.6 Å². The van der Waals surface area contributed by atoms with E-state index in [0.717, 1.165) is 16.2 Å². The van der Waals surface area contributed by atoms with Crippen LogP contribution in [0.4, 0.5) is 0 Å². The smallest absolute Gasteiger partial charge is 0.122 e. The number of hydrogen-bond donors (Lipinski definition) is 1. The molecule has 2 aromatic rings. The zero-order chi connectivity index (χ0) is 10.8. The molecule has 0 aromatic carbocycles. The molecule has 0 bridgehead atoms. The van der Waals surface area contributed by atoms with Crippen molar-refractivity contribution in [3.63, 3.8) is 0 Å². The molecule has 5 heteroatoms. The predicted molar refractivity (Wildman–Crippen MR) is 60.1 cm³/mol. The van der Waals surface area contributed by atoms with Gasteiger partial charge in [0.25, 0.3) is 0 Å². The van der Waals surface area contributed by atoms with Crippen LogP contribution in [0.15, 0.2) is 23.5 Å². The fraction of sp³-hybridized carbons (Fsp3) is 0.400. The van der Waals surface area contributed by atoms with Gasteiger partial charge in [0, 0.05) is 17.6 Å². The van der Waals surface area contributed by atoms with Gasteiger partial charge in [-0.25, -0.2) is 9.50 Å². The maximum Gasteiger partial charge on any atom is 0.122 e. The summed E-state index contributed by atoms with van der Waals surface area (Å²) in [5, 5.41) is 14.4. The van der Waals surface area contributed by atoms with E-state index in [1.165, 1.54) is 0 Å². The van der Waals surface area contributed by atoms with Crippen LogP contribution in [0.3, 0.4) is 0 Å². The monoisotopic (exact) mass is 223 g/mol. The molecule has 2 rings (SSSR count). The SMILES string of the molecule is Cc1cc2c(SC(C)CO)nccn2n1. The normalized spacial score (nSPS) is 13.3. The highest BCUT2D eigenvalue weighted by molar-refractivity contribution is 8.00. The lowest BCUT2D eigenvalue weighted by Gasteiger charge is -2.07. The first-order valence-electron chi connectivity index (χ1n) is 4.79. The Balaban J connectivity index is 2.41. The predicted octanol–water partition coefficient (Wildman–Crippen LogP) is 1.51. The summed E-state index contributed by atoms with van der Waals surface area (Å²) in [6, 6.07) is 2.00. The standard InChI is InChI=1S/C10H13N3OS/c1-7-5-9-10(15-8(2)6-14)11-3-4-13(9)12-7/h3-5,8,14H,6H2,1-2H3.